The molecule has 2 amide bonds. The van der Waals surface area contributed by atoms with Crippen molar-refractivity contribution in [2.24, 2.45) is 0 Å². The van der Waals surface area contributed by atoms with E-state index in [1.807, 2.05) is 43.0 Å². The molecular formula is C16H21N3O2. The van der Waals surface area contributed by atoms with Crippen molar-refractivity contribution >= 4 is 17.5 Å². The number of rotatable bonds is 2. The van der Waals surface area contributed by atoms with Crippen LogP contribution in [0.25, 0.3) is 0 Å². The molecule has 1 N–H and O–H groups in total. The van der Waals surface area contributed by atoms with Gasteiger partial charge < -0.3 is 15.1 Å². The molecule has 2 heterocycles. The molecule has 3 rings (SSSR count). The number of carbonyl (C=O) groups excluding carboxylic acids is 2. The molecule has 1 saturated heterocycles. The molecule has 2 aliphatic rings. The van der Waals surface area contributed by atoms with Gasteiger partial charge in [0.15, 0.2) is 0 Å². The molecule has 5 nitrogen and oxygen atoms in total. The lowest BCUT2D eigenvalue weighted by atomic mass is 9.86. The number of nitrogens with zero attached hydrogens (tertiary/aromatic N) is 2. The van der Waals surface area contributed by atoms with Crippen molar-refractivity contribution in [1.29, 1.82) is 0 Å². The van der Waals surface area contributed by atoms with Crippen molar-refractivity contribution in [3.8, 4) is 0 Å². The molecule has 0 atom stereocenters. The van der Waals surface area contributed by atoms with Crippen molar-refractivity contribution in [3.63, 3.8) is 0 Å². The number of nitrogens with one attached hydrogen (secondary N) is 1. The summed E-state index contributed by atoms with van der Waals surface area (Å²) < 4.78 is 0. The first-order valence-corrected chi connectivity index (χ1v) is 7.42. The van der Waals surface area contributed by atoms with Crippen molar-refractivity contribution in [1.82, 2.24) is 10.2 Å². The van der Waals surface area contributed by atoms with Crippen LogP contribution in [0.1, 0.15) is 19.4 Å². The maximum Gasteiger partial charge on any atom is 0.242 e. The summed E-state index contributed by atoms with van der Waals surface area (Å²) in [5.74, 6) is 0.0320. The van der Waals surface area contributed by atoms with Crippen LogP contribution in [-0.2, 0) is 15.0 Å². The van der Waals surface area contributed by atoms with Gasteiger partial charge in [0.05, 0.1) is 5.41 Å². The minimum Gasteiger partial charge on any atom is -0.339 e. The second-order valence-corrected chi connectivity index (χ2v) is 6.16. The standard InChI is InChI=1S/C16H21N3O2/c1-16(2)12-5-3-4-6-13(12)19(15(16)21)11-14(20)18-9-7-17-8-10-18/h3-6,17H,7-11H2,1-2H3. The first-order chi connectivity index (χ1) is 10.0. The van der Waals surface area contributed by atoms with Crippen LogP contribution >= 0.6 is 0 Å². The summed E-state index contributed by atoms with van der Waals surface area (Å²) in [6, 6.07) is 7.75. The second kappa shape index (κ2) is 5.15. The van der Waals surface area contributed by atoms with E-state index in [9.17, 15) is 9.59 Å². The van der Waals surface area contributed by atoms with Gasteiger partial charge in [-0.2, -0.15) is 0 Å². The highest BCUT2D eigenvalue weighted by molar-refractivity contribution is 6.10. The molecule has 0 radical (unpaired) electrons. The quantitative estimate of drug-likeness (QED) is 0.873. The van der Waals surface area contributed by atoms with Crippen molar-refractivity contribution < 1.29 is 9.59 Å². The predicted octanol–water partition coefficient (Wildman–Crippen LogP) is 0.743. The number of fused-ring (bicyclic) bond motifs is 1. The number of anilines is 1. The number of para-hydroxylation sites is 1. The highest BCUT2D eigenvalue weighted by Crippen LogP contribution is 2.41. The number of amides is 2. The molecule has 1 aromatic carbocycles. The van der Waals surface area contributed by atoms with Gasteiger partial charge in [0.1, 0.15) is 6.54 Å². The van der Waals surface area contributed by atoms with Crippen molar-refractivity contribution in [2.75, 3.05) is 37.6 Å². The third kappa shape index (κ3) is 2.31. The van der Waals surface area contributed by atoms with E-state index in [4.69, 9.17) is 0 Å². The lowest BCUT2D eigenvalue weighted by molar-refractivity contribution is -0.132. The summed E-state index contributed by atoms with van der Waals surface area (Å²) in [6.45, 7) is 7.05. The van der Waals surface area contributed by atoms with Gasteiger partial charge in [0, 0.05) is 31.9 Å². The number of benzene rings is 1. The third-order valence-corrected chi connectivity index (χ3v) is 4.41. The molecule has 0 spiro atoms. The Morgan fingerprint density at radius 1 is 1.24 bits per heavy atom. The van der Waals surface area contributed by atoms with Gasteiger partial charge >= 0.3 is 0 Å². The van der Waals surface area contributed by atoms with Gasteiger partial charge in [-0.25, -0.2) is 0 Å². The normalized spacial score (nSPS) is 20.6. The lowest BCUT2D eigenvalue weighted by Crippen LogP contribution is -2.50. The van der Waals surface area contributed by atoms with Crippen LogP contribution in [0.5, 0.6) is 0 Å². The zero-order chi connectivity index (χ0) is 15.0. The molecule has 0 saturated carbocycles. The molecule has 5 heteroatoms. The first kappa shape index (κ1) is 14.1. The van der Waals surface area contributed by atoms with Crippen LogP contribution in [0, 0.1) is 0 Å². The number of carbonyl (C=O) groups is 2. The minimum atomic E-state index is -0.555. The molecule has 0 unspecified atom stereocenters. The van der Waals surface area contributed by atoms with Crippen molar-refractivity contribution in [2.45, 2.75) is 19.3 Å². The Labute approximate surface area is 124 Å². The van der Waals surface area contributed by atoms with Crippen LogP contribution in [-0.4, -0.2) is 49.4 Å². The average molecular weight is 287 g/mol. The summed E-state index contributed by atoms with van der Waals surface area (Å²) in [5.41, 5.74) is 1.32. The van der Waals surface area contributed by atoms with E-state index in [1.165, 1.54) is 0 Å². The summed E-state index contributed by atoms with van der Waals surface area (Å²) in [7, 11) is 0. The van der Waals surface area contributed by atoms with E-state index in [-0.39, 0.29) is 18.4 Å². The monoisotopic (exact) mass is 287 g/mol. The zero-order valence-electron chi connectivity index (χ0n) is 12.6. The van der Waals surface area contributed by atoms with Gasteiger partial charge in [-0.05, 0) is 25.5 Å². The summed E-state index contributed by atoms with van der Waals surface area (Å²) in [4.78, 5) is 28.5. The molecule has 21 heavy (non-hydrogen) atoms. The fraction of sp³-hybridized carbons (Fsp3) is 0.500. The zero-order valence-corrected chi connectivity index (χ0v) is 12.6. The van der Waals surface area contributed by atoms with E-state index in [0.29, 0.717) is 13.1 Å². The molecule has 0 bridgehead atoms. The van der Waals surface area contributed by atoms with E-state index in [1.54, 1.807) is 4.90 Å². The van der Waals surface area contributed by atoms with Gasteiger partial charge in [0.2, 0.25) is 11.8 Å². The highest BCUT2D eigenvalue weighted by Gasteiger charge is 2.44. The van der Waals surface area contributed by atoms with Crippen LogP contribution in [0.4, 0.5) is 5.69 Å². The van der Waals surface area contributed by atoms with Crippen LogP contribution in [0.15, 0.2) is 24.3 Å². The minimum absolute atomic E-state index is 0.00665. The van der Waals surface area contributed by atoms with Crippen LogP contribution < -0.4 is 10.2 Å². The molecule has 0 aromatic heterocycles. The topological polar surface area (TPSA) is 52.7 Å². The fourth-order valence-electron chi connectivity index (χ4n) is 3.11. The van der Waals surface area contributed by atoms with E-state index in [2.05, 4.69) is 5.32 Å². The van der Waals surface area contributed by atoms with Crippen LogP contribution in [0.3, 0.4) is 0 Å². The maximum atomic E-state index is 12.6. The highest BCUT2D eigenvalue weighted by atomic mass is 16.2. The maximum absolute atomic E-state index is 12.6. The van der Waals surface area contributed by atoms with Gasteiger partial charge in [0.25, 0.3) is 0 Å². The molecule has 2 aliphatic heterocycles. The summed E-state index contributed by atoms with van der Waals surface area (Å²) >= 11 is 0. The second-order valence-electron chi connectivity index (χ2n) is 6.16. The smallest absolute Gasteiger partial charge is 0.242 e. The largest absolute Gasteiger partial charge is 0.339 e. The Bertz CT molecular complexity index is 577. The van der Waals surface area contributed by atoms with Gasteiger partial charge in [-0.1, -0.05) is 18.2 Å². The van der Waals surface area contributed by atoms with Gasteiger partial charge in [-0.3, -0.25) is 9.59 Å². The lowest BCUT2D eigenvalue weighted by Gasteiger charge is -2.29. The summed E-state index contributed by atoms with van der Waals surface area (Å²) in [6.07, 6.45) is 0. The van der Waals surface area contributed by atoms with E-state index in [0.717, 1.165) is 24.3 Å². The number of hydrogen-bond donors (Lipinski definition) is 1. The Hall–Kier alpha value is -1.88. The van der Waals surface area contributed by atoms with Gasteiger partial charge in [-0.15, -0.1) is 0 Å². The molecule has 1 aromatic rings. The number of hydrogen-bond acceptors (Lipinski definition) is 3. The Kier molecular flexibility index (Phi) is 3.45. The molecule has 112 valence electrons. The van der Waals surface area contributed by atoms with E-state index < -0.39 is 5.41 Å². The number of piperazine rings is 1. The third-order valence-electron chi connectivity index (χ3n) is 4.41. The summed E-state index contributed by atoms with van der Waals surface area (Å²) in [5, 5.41) is 3.23. The molecular weight excluding hydrogens is 266 g/mol. The van der Waals surface area contributed by atoms with E-state index >= 15 is 0 Å². The average Bonchev–Trinajstić information content (AvgIpc) is 2.70. The fourth-order valence-corrected chi connectivity index (χ4v) is 3.11. The van der Waals surface area contributed by atoms with Crippen LogP contribution in [0.2, 0.25) is 0 Å². The first-order valence-electron chi connectivity index (χ1n) is 7.42. The Balaban J connectivity index is 1.82. The molecule has 0 aliphatic carbocycles. The Morgan fingerprint density at radius 3 is 2.62 bits per heavy atom. The SMILES string of the molecule is CC1(C)C(=O)N(CC(=O)N2CCNCC2)c2ccccc21. The molecule has 1 fully saturated rings. The Morgan fingerprint density at radius 2 is 1.90 bits per heavy atom. The predicted molar refractivity (Wildman–Crippen MR) is 81.3 cm³/mol. The van der Waals surface area contributed by atoms with Crippen molar-refractivity contribution in [3.05, 3.63) is 29.8 Å².